The molecule has 170 valence electrons. The van der Waals surface area contributed by atoms with Crippen molar-refractivity contribution in [3.63, 3.8) is 0 Å². The summed E-state index contributed by atoms with van der Waals surface area (Å²) in [6.45, 7) is 5.87. The number of amides is 1. The van der Waals surface area contributed by atoms with Gasteiger partial charge in [0.25, 0.3) is 0 Å². The van der Waals surface area contributed by atoms with E-state index in [4.69, 9.17) is 4.99 Å². The van der Waals surface area contributed by atoms with Gasteiger partial charge in [0.15, 0.2) is 5.96 Å². The zero-order chi connectivity index (χ0) is 21.6. The molecule has 1 amide bonds. The van der Waals surface area contributed by atoms with E-state index in [-0.39, 0.29) is 35.3 Å². The summed E-state index contributed by atoms with van der Waals surface area (Å²) in [5.41, 5.74) is 0.694. The van der Waals surface area contributed by atoms with Gasteiger partial charge in [0.05, 0.1) is 12.0 Å². The lowest BCUT2D eigenvalue weighted by molar-refractivity contribution is -0.138. The number of aliphatic imine (C=N–C) groups is 1. The van der Waals surface area contributed by atoms with Gasteiger partial charge >= 0.3 is 0 Å². The lowest BCUT2D eigenvalue weighted by Gasteiger charge is -2.31. The molecule has 0 bridgehead atoms. The predicted octanol–water partition coefficient (Wildman–Crippen LogP) is 2.90. The molecule has 2 aromatic rings. The summed E-state index contributed by atoms with van der Waals surface area (Å²) in [5, 5.41) is 6.69. The normalized spacial score (nSPS) is 15.3. The van der Waals surface area contributed by atoms with Crippen molar-refractivity contribution in [3.8, 4) is 5.82 Å². The van der Waals surface area contributed by atoms with E-state index >= 15 is 0 Å². The number of guanidine groups is 1. The van der Waals surface area contributed by atoms with Crippen LogP contribution in [-0.4, -0.2) is 58.5 Å². The molecule has 0 aromatic carbocycles. The van der Waals surface area contributed by atoms with Gasteiger partial charge in [0.1, 0.15) is 11.6 Å². The monoisotopic (exact) mass is 539 g/mol. The second-order valence-electron chi connectivity index (χ2n) is 8.10. The number of aryl methyl sites for hydroxylation is 1. The van der Waals surface area contributed by atoms with Crippen LogP contribution in [-0.2, 0) is 11.3 Å². The van der Waals surface area contributed by atoms with Crippen molar-refractivity contribution >= 4 is 35.8 Å². The van der Waals surface area contributed by atoms with Crippen LogP contribution in [0.3, 0.4) is 0 Å². The summed E-state index contributed by atoms with van der Waals surface area (Å²) in [6, 6.07) is 4.01. The molecule has 8 nitrogen and oxygen atoms in total. The highest BCUT2D eigenvalue weighted by Gasteiger charge is 2.42. The molecule has 0 saturated heterocycles. The second-order valence-corrected chi connectivity index (χ2v) is 8.10. The molecule has 0 radical (unpaired) electrons. The summed E-state index contributed by atoms with van der Waals surface area (Å²) in [5.74, 6) is 2.68. The molecule has 3 rings (SSSR count). The number of hydrogen-bond acceptors (Lipinski definition) is 4. The molecule has 31 heavy (non-hydrogen) atoms. The molecule has 2 N–H and O–H groups in total. The first-order chi connectivity index (χ1) is 14.4. The SMILES string of the molecule is CCNC(=NCc1ccc(-n2ccnc2C)nc1)NCC1(C(=O)N(C)C)CCCC1.I. The highest BCUT2D eigenvalue weighted by molar-refractivity contribution is 14.0. The number of imidazole rings is 1. The molecular formula is C22H34IN7O. The predicted molar refractivity (Wildman–Crippen MR) is 134 cm³/mol. The van der Waals surface area contributed by atoms with Crippen molar-refractivity contribution in [1.29, 1.82) is 0 Å². The van der Waals surface area contributed by atoms with Gasteiger partial charge in [-0.25, -0.2) is 15.0 Å². The van der Waals surface area contributed by atoms with Crippen molar-refractivity contribution < 1.29 is 4.79 Å². The topological polar surface area (TPSA) is 87.4 Å². The van der Waals surface area contributed by atoms with E-state index < -0.39 is 0 Å². The van der Waals surface area contributed by atoms with Gasteiger partial charge in [-0.15, -0.1) is 24.0 Å². The maximum atomic E-state index is 12.8. The Hall–Kier alpha value is -2.17. The van der Waals surface area contributed by atoms with Crippen LogP contribution in [0.25, 0.3) is 5.82 Å². The summed E-state index contributed by atoms with van der Waals surface area (Å²) >= 11 is 0. The van der Waals surface area contributed by atoms with E-state index in [0.717, 1.165) is 55.4 Å². The first-order valence-corrected chi connectivity index (χ1v) is 10.6. The molecular weight excluding hydrogens is 505 g/mol. The number of carbonyl (C=O) groups is 1. The Bertz CT molecular complexity index is 870. The fourth-order valence-electron chi connectivity index (χ4n) is 4.03. The number of halogens is 1. The standard InChI is InChI=1S/C22H33N7O.HI/c1-5-23-21(27-16-22(10-6-7-11-22)20(30)28(3)4)26-15-18-8-9-19(25-14-18)29-13-12-24-17(29)2;/h8-9,12-14H,5-7,10-11,15-16H2,1-4H3,(H2,23,26,27);1H. The summed E-state index contributed by atoms with van der Waals surface area (Å²) in [6.07, 6.45) is 9.56. The van der Waals surface area contributed by atoms with Crippen LogP contribution < -0.4 is 10.6 Å². The van der Waals surface area contributed by atoms with Crippen LogP contribution in [0.2, 0.25) is 0 Å². The first kappa shape index (κ1) is 25.1. The van der Waals surface area contributed by atoms with E-state index in [1.807, 2.05) is 57.0 Å². The fraction of sp³-hybridized carbons (Fsp3) is 0.545. The van der Waals surface area contributed by atoms with Gasteiger partial charge in [-0.2, -0.15) is 0 Å². The zero-order valence-electron chi connectivity index (χ0n) is 18.9. The van der Waals surface area contributed by atoms with Crippen LogP contribution in [0.5, 0.6) is 0 Å². The van der Waals surface area contributed by atoms with Crippen molar-refractivity contribution in [3.05, 3.63) is 42.1 Å². The number of rotatable bonds is 7. The Labute approximate surface area is 202 Å². The first-order valence-electron chi connectivity index (χ1n) is 10.6. The average molecular weight is 539 g/mol. The van der Waals surface area contributed by atoms with Gasteiger partial charge in [-0.3, -0.25) is 9.36 Å². The molecule has 0 spiro atoms. The lowest BCUT2D eigenvalue weighted by Crippen LogP contribution is -2.49. The summed E-state index contributed by atoms with van der Waals surface area (Å²) < 4.78 is 1.95. The molecule has 0 unspecified atom stereocenters. The van der Waals surface area contributed by atoms with Crippen molar-refractivity contribution in [1.82, 2.24) is 30.1 Å². The van der Waals surface area contributed by atoms with Gasteiger partial charge in [0, 0.05) is 45.8 Å². The minimum atomic E-state index is -0.328. The third kappa shape index (κ3) is 6.18. The van der Waals surface area contributed by atoms with E-state index in [9.17, 15) is 4.79 Å². The number of hydrogen-bond donors (Lipinski definition) is 2. The Balaban J connectivity index is 0.00000341. The number of aromatic nitrogens is 3. The highest BCUT2D eigenvalue weighted by Crippen LogP contribution is 2.38. The number of nitrogens with one attached hydrogen (secondary N) is 2. The summed E-state index contributed by atoms with van der Waals surface area (Å²) in [7, 11) is 3.67. The quantitative estimate of drug-likeness (QED) is 0.321. The van der Waals surface area contributed by atoms with Gasteiger partial charge in [-0.1, -0.05) is 18.9 Å². The van der Waals surface area contributed by atoms with Crippen LogP contribution >= 0.6 is 24.0 Å². The van der Waals surface area contributed by atoms with Crippen LogP contribution in [0.15, 0.2) is 35.7 Å². The molecule has 0 aliphatic heterocycles. The molecule has 2 aromatic heterocycles. The molecule has 1 aliphatic rings. The average Bonchev–Trinajstić information content (AvgIpc) is 3.39. The third-order valence-corrected chi connectivity index (χ3v) is 5.66. The molecule has 1 saturated carbocycles. The van der Waals surface area contributed by atoms with Crippen LogP contribution in [0.1, 0.15) is 44.0 Å². The fourth-order valence-corrected chi connectivity index (χ4v) is 4.03. The van der Waals surface area contributed by atoms with Crippen molar-refractivity contribution in [2.45, 2.75) is 46.1 Å². The minimum Gasteiger partial charge on any atom is -0.357 e. The number of nitrogens with zero attached hydrogens (tertiary/aromatic N) is 5. The van der Waals surface area contributed by atoms with E-state index in [1.54, 1.807) is 11.1 Å². The van der Waals surface area contributed by atoms with Crippen molar-refractivity contribution in [2.75, 3.05) is 27.2 Å². The zero-order valence-corrected chi connectivity index (χ0v) is 21.2. The van der Waals surface area contributed by atoms with Gasteiger partial charge < -0.3 is 15.5 Å². The van der Waals surface area contributed by atoms with E-state index in [2.05, 4.69) is 20.6 Å². The van der Waals surface area contributed by atoms with E-state index in [0.29, 0.717) is 13.1 Å². The van der Waals surface area contributed by atoms with Gasteiger partial charge in [-0.05, 0) is 38.3 Å². The number of carbonyl (C=O) groups excluding carboxylic acids is 1. The van der Waals surface area contributed by atoms with Crippen LogP contribution in [0.4, 0.5) is 0 Å². The summed E-state index contributed by atoms with van der Waals surface area (Å²) in [4.78, 5) is 28.0. The molecule has 9 heteroatoms. The largest absolute Gasteiger partial charge is 0.357 e. The second kappa shape index (κ2) is 11.4. The Morgan fingerprint density at radius 3 is 2.52 bits per heavy atom. The lowest BCUT2D eigenvalue weighted by atomic mass is 9.84. The third-order valence-electron chi connectivity index (χ3n) is 5.66. The molecule has 0 atom stereocenters. The molecule has 1 aliphatic carbocycles. The Kier molecular flexibility index (Phi) is 9.27. The molecule has 1 fully saturated rings. The smallest absolute Gasteiger partial charge is 0.230 e. The highest BCUT2D eigenvalue weighted by atomic mass is 127. The Morgan fingerprint density at radius 1 is 1.23 bits per heavy atom. The Morgan fingerprint density at radius 2 is 1.97 bits per heavy atom. The van der Waals surface area contributed by atoms with Crippen molar-refractivity contribution in [2.24, 2.45) is 10.4 Å². The van der Waals surface area contributed by atoms with Gasteiger partial charge in [0.2, 0.25) is 5.91 Å². The minimum absolute atomic E-state index is 0. The maximum Gasteiger partial charge on any atom is 0.230 e. The number of pyridine rings is 1. The van der Waals surface area contributed by atoms with Crippen LogP contribution in [0, 0.1) is 12.3 Å². The van der Waals surface area contributed by atoms with E-state index in [1.165, 1.54) is 0 Å². The maximum absolute atomic E-state index is 12.8. The molecule has 2 heterocycles.